The Kier molecular flexibility index (Phi) is 5.14. The number of hydrogen-bond donors (Lipinski definition) is 1. The molecule has 0 bridgehead atoms. The van der Waals surface area contributed by atoms with Crippen molar-refractivity contribution >= 4 is 11.9 Å². The van der Waals surface area contributed by atoms with Gasteiger partial charge in [-0.25, -0.2) is 0 Å². The minimum absolute atomic E-state index is 0.0710. The van der Waals surface area contributed by atoms with Gasteiger partial charge in [-0.15, -0.1) is 0 Å². The first-order valence-electron chi connectivity index (χ1n) is 6.44. The smallest absolute Gasteiger partial charge is 0.310 e. The highest BCUT2D eigenvalue weighted by molar-refractivity contribution is 5.85. The van der Waals surface area contributed by atoms with Crippen LogP contribution in [0.4, 0.5) is 0 Å². The largest absolute Gasteiger partial charge is 0.481 e. The van der Waals surface area contributed by atoms with E-state index in [0.717, 1.165) is 12.8 Å². The summed E-state index contributed by atoms with van der Waals surface area (Å²) >= 11 is 0. The highest BCUT2D eigenvalue weighted by atomic mass is 16.4. The average molecular weight is 252 g/mol. The van der Waals surface area contributed by atoms with Gasteiger partial charge >= 0.3 is 5.97 Å². The Morgan fingerprint density at radius 2 is 2.00 bits per heavy atom. The summed E-state index contributed by atoms with van der Waals surface area (Å²) in [6, 6.07) is 2.00. The lowest BCUT2D eigenvalue weighted by Gasteiger charge is -2.27. The summed E-state index contributed by atoms with van der Waals surface area (Å²) in [7, 11) is 0. The molecule has 0 heterocycles. The van der Waals surface area contributed by atoms with Gasteiger partial charge in [0.2, 0.25) is 5.91 Å². The lowest BCUT2D eigenvalue weighted by molar-refractivity contribution is -0.153. The van der Waals surface area contributed by atoms with Gasteiger partial charge in [0.05, 0.1) is 17.9 Å². The number of amides is 1. The summed E-state index contributed by atoms with van der Waals surface area (Å²) in [6.45, 7) is 2.76. The molecule has 0 aromatic carbocycles. The summed E-state index contributed by atoms with van der Waals surface area (Å²) in [4.78, 5) is 25.0. The molecule has 100 valence electrons. The van der Waals surface area contributed by atoms with E-state index >= 15 is 0 Å². The van der Waals surface area contributed by atoms with E-state index in [1.807, 2.05) is 13.0 Å². The van der Waals surface area contributed by atoms with Crippen molar-refractivity contribution < 1.29 is 14.7 Å². The molecule has 1 aliphatic carbocycles. The van der Waals surface area contributed by atoms with Crippen molar-refractivity contribution in [2.45, 2.75) is 45.4 Å². The van der Waals surface area contributed by atoms with Crippen LogP contribution < -0.4 is 0 Å². The number of hydrogen-bond acceptors (Lipinski definition) is 3. The molecule has 0 spiro atoms. The first-order valence-corrected chi connectivity index (χ1v) is 6.44. The zero-order valence-corrected chi connectivity index (χ0v) is 10.8. The first kappa shape index (κ1) is 14.5. The maximum Gasteiger partial charge on any atom is 0.310 e. The maximum absolute atomic E-state index is 12.1. The predicted octanol–water partition coefficient (Wildman–Crippen LogP) is 1.78. The van der Waals surface area contributed by atoms with Gasteiger partial charge in [-0.3, -0.25) is 9.59 Å². The topological polar surface area (TPSA) is 81.4 Å². The van der Waals surface area contributed by atoms with E-state index in [9.17, 15) is 14.7 Å². The van der Waals surface area contributed by atoms with Crippen LogP contribution in [-0.4, -0.2) is 35.0 Å². The molecule has 5 nitrogen and oxygen atoms in total. The zero-order chi connectivity index (χ0) is 13.6. The van der Waals surface area contributed by atoms with Gasteiger partial charge in [0, 0.05) is 19.5 Å². The molecular weight excluding hydrogens is 232 g/mol. The lowest BCUT2D eigenvalue weighted by Crippen LogP contribution is -2.38. The van der Waals surface area contributed by atoms with Crippen LogP contribution in [0.3, 0.4) is 0 Å². The Balaban J connectivity index is 2.66. The second-order valence-electron chi connectivity index (χ2n) is 4.85. The summed E-state index contributed by atoms with van der Waals surface area (Å²) < 4.78 is 0. The van der Waals surface area contributed by atoms with Crippen LogP contribution in [0.1, 0.15) is 45.4 Å². The molecule has 1 amide bonds. The van der Waals surface area contributed by atoms with Crippen LogP contribution in [-0.2, 0) is 9.59 Å². The van der Waals surface area contributed by atoms with Gasteiger partial charge in [-0.2, -0.15) is 5.26 Å². The van der Waals surface area contributed by atoms with Crippen LogP contribution in [0.15, 0.2) is 0 Å². The highest BCUT2D eigenvalue weighted by Gasteiger charge is 2.43. The Morgan fingerprint density at radius 3 is 2.44 bits per heavy atom. The van der Waals surface area contributed by atoms with Crippen LogP contribution >= 0.6 is 0 Å². The molecular formula is C13H20N2O3. The highest BCUT2D eigenvalue weighted by Crippen LogP contribution is 2.41. The molecule has 1 aliphatic rings. The molecule has 0 aliphatic heterocycles. The van der Waals surface area contributed by atoms with Gasteiger partial charge in [0.15, 0.2) is 0 Å². The van der Waals surface area contributed by atoms with Crippen molar-refractivity contribution in [1.29, 1.82) is 5.26 Å². The molecule has 1 saturated carbocycles. The fourth-order valence-electron chi connectivity index (χ4n) is 2.56. The zero-order valence-electron chi connectivity index (χ0n) is 10.8. The molecule has 0 saturated heterocycles. The van der Waals surface area contributed by atoms with Gasteiger partial charge in [0.1, 0.15) is 0 Å². The summed E-state index contributed by atoms with van der Waals surface area (Å²) in [5.74, 6) is -0.998. The number of aliphatic carboxylic acids is 1. The van der Waals surface area contributed by atoms with Crippen LogP contribution in [0.2, 0.25) is 0 Å². The van der Waals surface area contributed by atoms with Crippen molar-refractivity contribution in [3.8, 4) is 6.07 Å². The maximum atomic E-state index is 12.1. The Bertz CT molecular complexity index is 354. The number of nitrogens with zero attached hydrogens (tertiary/aromatic N) is 2. The molecule has 1 rings (SSSR count). The van der Waals surface area contributed by atoms with Gasteiger partial charge in [0.25, 0.3) is 0 Å². The third-order valence-corrected chi connectivity index (χ3v) is 3.73. The van der Waals surface area contributed by atoms with E-state index in [4.69, 9.17) is 5.26 Å². The van der Waals surface area contributed by atoms with Crippen LogP contribution in [0.25, 0.3) is 0 Å². The van der Waals surface area contributed by atoms with Crippen molar-refractivity contribution in [3.63, 3.8) is 0 Å². The number of rotatable bonds is 6. The minimum atomic E-state index is -0.864. The van der Waals surface area contributed by atoms with E-state index in [-0.39, 0.29) is 12.3 Å². The third-order valence-electron chi connectivity index (χ3n) is 3.73. The first-order chi connectivity index (χ1) is 8.55. The molecule has 0 aromatic heterocycles. The molecule has 5 heteroatoms. The van der Waals surface area contributed by atoms with Crippen LogP contribution in [0.5, 0.6) is 0 Å². The number of carboxylic acid groups (broad SMARTS) is 1. The summed E-state index contributed by atoms with van der Waals surface area (Å²) in [5, 5.41) is 17.9. The second-order valence-corrected chi connectivity index (χ2v) is 4.85. The molecule has 18 heavy (non-hydrogen) atoms. The summed E-state index contributed by atoms with van der Waals surface area (Å²) in [5.41, 5.74) is -0.864. The number of carbonyl (C=O) groups is 2. The monoisotopic (exact) mass is 252 g/mol. The molecule has 1 fully saturated rings. The average Bonchev–Trinajstić information content (AvgIpc) is 2.80. The number of nitriles is 1. The quantitative estimate of drug-likeness (QED) is 0.781. The van der Waals surface area contributed by atoms with Crippen molar-refractivity contribution in [2.75, 3.05) is 13.1 Å². The van der Waals surface area contributed by atoms with E-state index in [2.05, 4.69) is 0 Å². The van der Waals surface area contributed by atoms with E-state index in [1.165, 1.54) is 0 Å². The molecule has 0 aromatic rings. The summed E-state index contributed by atoms with van der Waals surface area (Å²) in [6.07, 6.45) is 3.29. The molecule has 0 unspecified atom stereocenters. The predicted molar refractivity (Wildman–Crippen MR) is 65.6 cm³/mol. The fourth-order valence-corrected chi connectivity index (χ4v) is 2.56. The van der Waals surface area contributed by atoms with Gasteiger partial charge < -0.3 is 10.0 Å². The standard InChI is InChI=1S/C13H20N2O3/c1-2-15(9-5-8-14)11(16)10-13(12(17)18)6-3-4-7-13/h2-7,9-10H2,1H3,(H,17,18). The minimum Gasteiger partial charge on any atom is -0.481 e. The van der Waals surface area contributed by atoms with Gasteiger partial charge in [-0.1, -0.05) is 12.8 Å². The lowest BCUT2D eigenvalue weighted by atomic mass is 9.82. The number of carboxylic acids is 1. The molecule has 0 atom stereocenters. The van der Waals surface area contributed by atoms with Crippen LogP contribution in [0, 0.1) is 16.7 Å². The Morgan fingerprint density at radius 1 is 1.39 bits per heavy atom. The Labute approximate surface area is 107 Å². The molecule has 0 radical (unpaired) electrons. The number of carbonyl (C=O) groups excluding carboxylic acids is 1. The SMILES string of the molecule is CCN(CCC#N)C(=O)CC1(C(=O)O)CCCC1. The fraction of sp³-hybridized carbons (Fsp3) is 0.769. The normalized spacial score (nSPS) is 17.1. The van der Waals surface area contributed by atoms with Crippen molar-refractivity contribution in [1.82, 2.24) is 4.90 Å². The van der Waals surface area contributed by atoms with E-state index in [0.29, 0.717) is 32.4 Å². The van der Waals surface area contributed by atoms with E-state index < -0.39 is 11.4 Å². The molecule has 1 N–H and O–H groups in total. The van der Waals surface area contributed by atoms with E-state index in [1.54, 1.807) is 4.90 Å². The van der Waals surface area contributed by atoms with Crippen molar-refractivity contribution in [3.05, 3.63) is 0 Å². The second kappa shape index (κ2) is 6.39. The Hall–Kier alpha value is -1.57. The van der Waals surface area contributed by atoms with Gasteiger partial charge in [-0.05, 0) is 19.8 Å². The van der Waals surface area contributed by atoms with Crippen molar-refractivity contribution in [2.24, 2.45) is 5.41 Å². The third kappa shape index (κ3) is 3.22.